The van der Waals surface area contributed by atoms with Gasteiger partial charge in [0.25, 0.3) is 0 Å². The summed E-state index contributed by atoms with van der Waals surface area (Å²) < 4.78 is 0. The zero-order valence-electron chi connectivity index (χ0n) is 22.4. The number of alkyl halides is 1. The summed E-state index contributed by atoms with van der Waals surface area (Å²) in [7, 11) is 0. The maximum atomic E-state index is 13.6. The van der Waals surface area contributed by atoms with Crippen molar-refractivity contribution in [1.29, 1.82) is 0 Å². The van der Waals surface area contributed by atoms with Crippen molar-refractivity contribution in [1.82, 2.24) is 4.90 Å². The number of aliphatic hydroxyl groups is 1. The van der Waals surface area contributed by atoms with E-state index in [9.17, 15) is 14.7 Å². The summed E-state index contributed by atoms with van der Waals surface area (Å²) in [4.78, 5) is 28.2. The molecule has 1 amide bonds. The van der Waals surface area contributed by atoms with Crippen LogP contribution in [-0.4, -0.2) is 45.2 Å². The second kappa shape index (κ2) is 10.7. The van der Waals surface area contributed by atoms with Gasteiger partial charge in [-0.1, -0.05) is 47.5 Å². The third kappa shape index (κ3) is 5.17. The number of hydrogen-bond donors (Lipinski definition) is 1. The van der Waals surface area contributed by atoms with Crippen molar-refractivity contribution in [3.63, 3.8) is 0 Å². The van der Waals surface area contributed by atoms with Gasteiger partial charge in [-0.2, -0.15) is 0 Å². The molecule has 5 aliphatic carbocycles. The Morgan fingerprint density at radius 2 is 1.69 bits per heavy atom. The van der Waals surface area contributed by atoms with E-state index < -0.39 is 5.60 Å². The zero-order valence-corrected chi connectivity index (χ0v) is 24.0. The average Bonchev–Trinajstić information content (AvgIpc) is 3.58. The number of nitrogens with zero attached hydrogens (tertiary/aromatic N) is 1. The van der Waals surface area contributed by atoms with Gasteiger partial charge in [-0.25, -0.2) is 0 Å². The first kappa shape index (κ1) is 26.7. The molecule has 0 spiro atoms. The summed E-state index contributed by atoms with van der Waals surface area (Å²) >= 11 is 3.97. The van der Waals surface area contributed by atoms with Gasteiger partial charge < -0.3 is 10.0 Å². The van der Waals surface area contributed by atoms with Gasteiger partial charge in [-0.05, 0) is 119 Å². The Bertz CT molecular complexity index is 921. The summed E-state index contributed by atoms with van der Waals surface area (Å²) in [6.07, 6.45) is 14.0. The first-order valence-electron chi connectivity index (χ1n) is 14.8. The van der Waals surface area contributed by atoms with Gasteiger partial charge in [0.1, 0.15) is 5.60 Å². The van der Waals surface area contributed by atoms with E-state index in [-0.39, 0.29) is 22.4 Å². The lowest BCUT2D eigenvalue weighted by Crippen LogP contribution is -2.43. The molecule has 4 nitrogen and oxygen atoms in total. The number of amides is 1. The van der Waals surface area contributed by atoms with Gasteiger partial charge in [0.15, 0.2) is 5.78 Å². The predicted octanol–water partition coefficient (Wildman–Crippen LogP) is 6.61. The van der Waals surface area contributed by atoms with Crippen LogP contribution in [-0.2, 0) is 9.59 Å². The second-order valence-electron chi connectivity index (χ2n) is 12.9. The fourth-order valence-electron chi connectivity index (χ4n) is 8.16. The highest BCUT2D eigenvalue weighted by atomic mass is 79.9. The molecule has 0 radical (unpaired) electrons. The largest absolute Gasteiger partial charge is 0.382 e. The van der Waals surface area contributed by atoms with Crippen LogP contribution >= 0.6 is 15.9 Å². The van der Waals surface area contributed by atoms with Crippen LogP contribution in [0, 0.1) is 35.5 Å². The van der Waals surface area contributed by atoms with Gasteiger partial charge in [0.2, 0.25) is 5.91 Å². The first-order chi connectivity index (χ1) is 17.2. The Kier molecular flexibility index (Phi) is 7.90. The number of ketones is 1. The topological polar surface area (TPSA) is 57.6 Å². The van der Waals surface area contributed by atoms with Crippen molar-refractivity contribution in [2.24, 2.45) is 35.5 Å². The van der Waals surface area contributed by atoms with Crippen LogP contribution in [0.15, 0.2) is 23.3 Å². The predicted molar refractivity (Wildman–Crippen MR) is 148 cm³/mol. The van der Waals surface area contributed by atoms with Gasteiger partial charge in [-0.3, -0.25) is 9.59 Å². The smallest absolute Gasteiger partial charge is 0.226 e. The van der Waals surface area contributed by atoms with Gasteiger partial charge in [0.05, 0.1) is 5.92 Å². The average molecular weight is 561 g/mol. The van der Waals surface area contributed by atoms with E-state index in [2.05, 4.69) is 36.4 Å². The summed E-state index contributed by atoms with van der Waals surface area (Å²) in [6.45, 7) is 9.72. The second-order valence-corrected chi connectivity index (χ2v) is 14.1. The number of rotatable bonds is 9. The van der Waals surface area contributed by atoms with Crippen molar-refractivity contribution in [2.45, 2.75) is 108 Å². The summed E-state index contributed by atoms with van der Waals surface area (Å²) in [5, 5.41) is 10.1. The number of carbonyl (C=O) groups is 2. The van der Waals surface area contributed by atoms with Crippen molar-refractivity contribution >= 4 is 27.6 Å². The molecule has 0 aromatic rings. The first-order valence-corrected chi connectivity index (χ1v) is 15.7. The molecule has 0 aromatic heterocycles. The maximum Gasteiger partial charge on any atom is 0.226 e. The van der Waals surface area contributed by atoms with E-state index in [4.69, 9.17) is 0 Å². The molecule has 200 valence electrons. The molecule has 0 aromatic carbocycles. The van der Waals surface area contributed by atoms with Crippen LogP contribution in [0.2, 0.25) is 0 Å². The molecule has 7 atom stereocenters. The van der Waals surface area contributed by atoms with E-state index in [0.29, 0.717) is 37.9 Å². The molecular formula is C31H46BrNO3. The van der Waals surface area contributed by atoms with Gasteiger partial charge in [0, 0.05) is 17.9 Å². The quantitative estimate of drug-likeness (QED) is 0.196. The summed E-state index contributed by atoms with van der Waals surface area (Å²) in [5.74, 6) is 4.16. The van der Waals surface area contributed by atoms with Crippen molar-refractivity contribution in [3.8, 4) is 0 Å². The summed E-state index contributed by atoms with van der Waals surface area (Å²) in [6, 6.07) is 0. The minimum Gasteiger partial charge on any atom is -0.382 e. The number of hydrogen-bond acceptors (Lipinski definition) is 3. The fourth-order valence-corrected chi connectivity index (χ4v) is 9.13. The molecule has 1 N–H and O–H groups in total. The molecule has 0 heterocycles. The Morgan fingerprint density at radius 1 is 1.00 bits per heavy atom. The third-order valence-corrected chi connectivity index (χ3v) is 11.6. The Morgan fingerprint density at radius 3 is 2.39 bits per heavy atom. The standard InChI is InChI=1S/C31H46BrNO3/c1-4-14-33(15-11-20(3)29(34)31(36)12-13-31)30(35)25-10-8-22(18-28(25)32)21-6-7-23-17-26-19(2)5-9-24(23)27(26)16-21/h19,21-25,28,36H,3-18H2,1-2H3. The molecule has 5 aliphatic rings. The van der Waals surface area contributed by atoms with Crippen LogP contribution in [0.3, 0.4) is 0 Å². The number of carbonyl (C=O) groups excluding carboxylic acids is 2. The van der Waals surface area contributed by atoms with E-state index in [1.54, 1.807) is 0 Å². The molecule has 3 fully saturated rings. The SMILES string of the molecule is C=C(CCN(CCC)C(=O)C1CCC(C2CCC3CC4=C(C2)C3CCC4C)CC1Br)C(=O)C1(O)CC1. The molecule has 7 unspecified atom stereocenters. The molecule has 4 bridgehead atoms. The van der Waals surface area contributed by atoms with E-state index in [1.165, 1.54) is 38.5 Å². The van der Waals surface area contributed by atoms with Crippen LogP contribution in [0.4, 0.5) is 0 Å². The van der Waals surface area contributed by atoms with Gasteiger partial charge in [-0.15, -0.1) is 0 Å². The maximum absolute atomic E-state index is 13.6. The minimum absolute atomic E-state index is 0.0213. The molecule has 0 saturated heterocycles. The van der Waals surface area contributed by atoms with Crippen LogP contribution in [0.25, 0.3) is 0 Å². The number of Topliss-reactive ketones (excluding diaryl/α,β-unsaturated/α-hetero) is 1. The Labute approximate surface area is 226 Å². The molecular weight excluding hydrogens is 514 g/mol. The van der Waals surface area contributed by atoms with E-state index >= 15 is 0 Å². The number of allylic oxidation sites excluding steroid dienone is 2. The summed E-state index contributed by atoms with van der Waals surface area (Å²) in [5.41, 5.74) is 3.00. The third-order valence-electron chi connectivity index (χ3n) is 10.6. The van der Waals surface area contributed by atoms with E-state index in [1.807, 2.05) is 16.0 Å². The molecule has 5 rings (SSSR count). The lowest BCUT2D eigenvalue weighted by atomic mass is 9.71. The Balaban J connectivity index is 1.18. The highest BCUT2D eigenvalue weighted by Crippen LogP contribution is 2.56. The minimum atomic E-state index is -1.17. The molecule has 0 aliphatic heterocycles. The van der Waals surface area contributed by atoms with Crippen LogP contribution in [0.5, 0.6) is 0 Å². The van der Waals surface area contributed by atoms with Crippen molar-refractivity contribution in [2.75, 3.05) is 13.1 Å². The highest BCUT2D eigenvalue weighted by molar-refractivity contribution is 9.09. The Hall–Kier alpha value is -0.940. The highest BCUT2D eigenvalue weighted by Gasteiger charge is 2.48. The lowest BCUT2D eigenvalue weighted by molar-refractivity contribution is -0.137. The zero-order chi connectivity index (χ0) is 25.6. The monoisotopic (exact) mass is 559 g/mol. The number of halogens is 1. The normalized spacial score (nSPS) is 36.8. The molecule has 5 heteroatoms. The van der Waals surface area contributed by atoms with Crippen LogP contribution < -0.4 is 0 Å². The van der Waals surface area contributed by atoms with E-state index in [0.717, 1.165) is 55.3 Å². The lowest BCUT2D eigenvalue weighted by Gasteiger charge is -2.39. The van der Waals surface area contributed by atoms with Gasteiger partial charge >= 0.3 is 0 Å². The molecule has 36 heavy (non-hydrogen) atoms. The fraction of sp³-hybridized carbons (Fsp3) is 0.806. The van der Waals surface area contributed by atoms with Crippen molar-refractivity contribution in [3.05, 3.63) is 23.3 Å². The van der Waals surface area contributed by atoms with Crippen LogP contribution in [0.1, 0.15) is 97.3 Å². The molecule has 3 saturated carbocycles. The van der Waals surface area contributed by atoms with Crippen molar-refractivity contribution < 1.29 is 14.7 Å².